The van der Waals surface area contributed by atoms with E-state index in [1.807, 2.05) is 20.8 Å². The van der Waals surface area contributed by atoms with E-state index < -0.39 is 45.2 Å². The zero-order chi connectivity index (χ0) is 31.9. The molecule has 12 heteroatoms. The second-order valence-corrected chi connectivity index (χ2v) is 15.1. The maximum absolute atomic E-state index is 13.7. The highest BCUT2D eigenvalue weighted by molar-refractivity contribution is 7.88. The molecule has 3 atom stereocenters. The number of aliphatic hydroxyl groups excluding tert-OH is 1. The van der Waals surface area contributed by atoms with Crippen molar-refractivity contribution in [2.45, 2.75) is 105 Å². The minimum Gasteiger partial charge on any atom is -0.444 e. The fourth-order valence-corrected chi connectivity index (χ4v) is 5.63. The number of sulfonamides is 1. The minimum absolute atomic E-state index is 0.0191. The number of para-hydroxylation sites is 1. The van der Waals surface area contributed by atoms with Crippen molar-refractivity contribution in [3.8, 4) is 0 Å². The lowest BCUT2D eigenvalue weighted by atomic mass is 9.79. The Bertz CT molecular complexity index is 1200. The Morgan fingerprint density at radius 1 is 1.12 bits per heavy atom. The number of benzene rings is 1. The number of unbranched alkanes of at least 4 members (excludes halogenated alkanes) is 1. The summed E-state index contributed by atoms with van der Waals surface area (Å²) >= 11 is 0. The Morgan fingerprint density at radius 2 is 1.76 bits per heavy atom. The molecule has 0 fully saturated rings. The number of hydrogen-bond acceptors (Lipinski definition) is 7. The molecular formula is C30H50N4O7S. The van der Waals surface area contributed by atoms with E-state index in [1.165, 1.54) is 9.21 Å². The van der Waals surface area contributed by atoms with Gasteiger partial charge < -0.3 is 20.5 Å². The molecule has 42 heavy (non-hydrogen) atoms. The first-order chi connectivity index (χ1) is 19.3. The first kappa shape index (κ1) is 35.5. The second kappa shape index (κ2) is 14.7. The van der Waals surface area contributed by atoms with E-state index in [1.54, 1.807) is 52.0 Å². The van der Waals surface area contributed by atoms with Crippen LogP contribution in [-0.4, -0.2) is 73.0 Å². The zero-order valence-electron chi connectivity index (χ0n) is 26.4. The van der Waals surface area contributed by atoms with Crippen molar-refractivity contribution in [3.05, 3.63) is 29.8 Å². The van der Waals surface area contributed by atoms with E-state index in [0.29, 0.717) is 12.2 Å². The summed E-state index contributed by atoms with van der Waals surface area (Å²) in [6.07, 6.45) is 1.45. The maximum Gasteiger partial charge on any atom is 0.407 e. The molecule has 0 saturated carbocycles. The summed E-state index contributed by atoms with van der Waals surface area (Å²) in [6, 6.07) is 6.39. The van der Waals surface area contributed by atoms with Crippen molar-refractivity contribution in [1.82, 2.24) is 14.9 Å². The Kier molecular flexibility index (Phi) is 12.4. The largest absolute Gasteiger partial charge is 0.444 e. The topological polar surface area (TPSA) is 145 Å². The van der Waals surface area contributed by atoms with Gasteiger partial charge >= 0.3 is 6.09 Å². The number of nitrogens with one attached hydrogen (secondary N) is 2. The van der Waals surface area contributed by atoms with Gasteiger partial charge in [-0.05, 0) is 57.1 Å². The van der Waals surface area contributed by atoms with Crippen LogP contribution in [0.2, 0.25) is 0 Å². The number of ether oxygens (including phenoxy) is 1. The average Bonchev–Trinajstić information content (AvgIpc) is 2.85. The molecule has 0 saturated heterocycles. The number of hydrogen-bond donors (Lipinski definition) is 3. The Hall–Kier alpha value is -2.70. The smallest absolute Gasteiger partial charge is 0.407 e. The molecule has 0 bridgehead atoms. The first-order valence-electron chi connectivity index (χ1n) is 14.6. The van der Waals surface area contributed by atoms with Gasteiger partial charge in [0, 0.05) is 31.1 Å². The van der Waals surface area contributed by atoms with E-state index in [9.17, 15) is 27.9 Å². The number of nitrogens with zero attached hydrogens (tertiary/aromatic N) is 2. The van der Waals surface area contributed by atoms with Crippen LogP contribution < -0.4 is 15.5 Å². The summed E-state index contributed by atoms with van der Waals surface area (Å²) in [7, 11) is -3.55. The summed E-state index contributed by atoms with van der Waals surface area (Å²) in [5.74, 6) is -0.960. The lowest BCUT2D eigenvalue weighted by molar-refractivity contribution is -0.125. The molecule has 0 aliphatic carbocycles. The van der Waals surface area contributed by atoms with Crippen LogP contribution in [0.15, 0.2) is 24.3 Å². The molecule has 1 aliphatic rings. The number of aliphatic hydroxyl groups is 1. The predicted octanol–water partition coefficient (Wildman–Crippen LogP) is 3.76. The Morgan fingerprint density at radius 3 is 2.36 bits per heavy atom. The zero-order valence-corrected chi connectivity index (χ0v) is 27.2. The quantitative estimate of drug-likeness (QED) is 0.288. The summed E-state index contributed by atoms with van der Waals surface area (Å²) in [4.78, 5) is 40.4. The number of fused-ring (bicyclic) bond motifs is 1. The van der Waals surface area contributed by atoms with Crippen LogP contribution in [0.1, 0.15) is 86.1 Å². The molecule has 11 nitrogen and oxygen atoms in total. The minimum atomic E-state index is -3.55. The standard InChI is InChI=1S/C30H50N4O7S/c1-9-10-15-31-27(37)21(2)16-25(35)23(32-28(38)41-29(3,4)5)17-30(6,7)18-26(36)34-20-33(42(8,39)40)19-22-13-11-12-14-24(22)34/h11-14,21,23,25,35H,9-10,15-20H2,1-8H3,(H,31,37)(H,32,38)/t21-,23+,25+/m1/s1. The molecule has 3 amide bonds. The summed E-state index contributed by atoms with van der Waals surface area (Å²) in [5.41, 5.74) is -0.104. The van der Waals surface area contributed by atoms with Crippen LogP contribution in [0, 0.1) is 11.3 Å². The van der Waals surface area contributed by atoms with Crippen molar-refractivity contribution < 1.29 is 32.6 Å². The van der Waals surface area contributed by atoms with Gasteiger partial charge in [-0.1, -0.05) is 52.3 Å². The van der Waals surface area contributed by atoms with Crippen LogP contribution in [-0.2, 0) is 30.9 Å². The van der Waals surface area contributed by atoms with E-state index in [-0.39, 0.29) is 44.3 Å². The van der Waals surface area contributed by atoms with Gasteiger partial charge in [0.15, 0.2) is 0 Å². The van der Waals surface area contributed by atoms with Crippen LogP contribution >= 0.6 is 0 Å². The van der Waals surface area contributed by atoms with Gasteiger partial charge in [-0.3, -0.25) is 14.5 Å². The molecule has 1 aromatic rings. The Balaban J connectivity index is 2.23. The number of amides is 3. The molecule has 1 aliphatic heterocycles. The summed E-state index contributed by atoms with van der Waals surface area (Å²) in [5, 5.41) is 16.9. The molecule has 0 aromatic heterocycles. The number of alkyl carbamates (subject to hydrolysis) is 1. The van der Waals surface area contributed by atoms with Crippen LogP contribution in [0.25, 0.3) is 0 Å². The third-order valence-corrected chi connectivity index (χ3v) is 8.32. The van der Waals surface area contributed by atoms with Crippen LogP contribution in [0.4, 0.5) is 10.5 Å². The molecule has 238 valence electrons. The van der Waals surface area contributed by atoms with Gasteiger partial charge in [0.2, 0.25) is 21.8 Å². The number of carbonyl (C=O) groups excluding carboxylic acids is 3. The molecule has 2 rings (SSSR count). The molecule has 1 aromatic carbocycles. The number of anilines is 1. The molecule has 0 unspecified atom stereocenters. The van der Waals surface area contributed by atoms with Gasteiger partial charge in [-0.25, -0.2) is 13.2 Å². The van der Waals surface area contributed by atoms with Gasteiger partial charge in [0.1, 0.15) is 5.60 Å². The first-order valence-corrected chi connectivity index (χ1v) is 16.5. The predicted molar refractivity (Wildman–Crippen MR) is 163 cm³/mol. The van der Waals surface area contributed by atoms with Crippen LogP contribution in [0.5, 0.6) is 0 Å². The summed E-state index contributed by atoms with van der Waals surface area (Å²) in [6.45, 7) is 13.3. The van der Waals surface area contributed by atoms with Crippen molar-refractivity contribution in [2.24, 2.45) is 11.3 Å². The van der Waals surface area contributed by atoms with Crippen molar-refractivity contribution in [1.29, 1.82) is 0 Å². The van der Waals surface area contributed by atoms with Crippen molar-refractivity contribution in [3.63, 3.8) is 0 Å². The van der Waals surface area contributed by atoms with E-state index in [4.69, 9.17) is 4.74 Å². The SMILES string of the molecule is CCCCNC(=O)[C@H](C)C[C@H](O)[C@H](CC(C)(C)CC(=O)N1CN(S(C)(=O)=O)Cc2ccccc21)NC(=O)OC(C)(C)C. The van der Waals surface area contributed by atoms with E-state index in [2.05, 4.69) is 10.6 Å². The second-order valence-electron chi connectivity index (χ2n) is 13.1. The number of rotatable bonds is 13. The average molecular weight is 611 g/mol. The maximum atomic E-state index is 13.7. The molecule has 0 radical (unpaired) electrons. The summed E-state index contributed by atoms with van der Waals surface area (Å²) < 4.78 is 31.4. The van der Waals surface area contributed by atoms with Gasteiger partial charge in [-0.15, -0.1) is 0 Å². The monoisotopic (exact) mass is 610 g/mol. The van der Waals surface area contributed by atoms with E-state index in [0.717, 1.165) is 24.7 Å². The normalized spacial score (nSPS) is 16.6. The van der Waals surface area contributed by atoms with Crippen molar-refractivity contribution in [2.75, 3.05) is 24.4 Å². The fourth-order valence-electron chi connectivity index (χ4n) is 4.93. The lowest BCUT2D eigenvalue weighted by Crippen LogP contribution is -2.50. The number of carbonyl (C=O) groups is 3. The third kappa shape index (κ3) is 11.2. The highest BCUT2D eigenvalue weighted by Crippen LogP contribution is 2.34. The highest BCUT2D eigenvalue weighted by Gasteiger charge is 2.37. The molecule has 1 heterocycles. The van der Waals surface area contributed by atoms with Crippen molar-refractivity contribution >= 4 is 33.6 Å². The lowest BCUT2D eigenvalue weighted by Gasteiger charge is -2.38. The van der Waals surface area contributed by atoms with Gasteiger partial charge in [0.05, 0.1) is 25.1 Å². The molecule has 0 spiro atoms. The van der Waals surface area contributed by atoms with E-state index >= 15 is 0 Å². The Labute approximate surface area is 251 Å². The third-order valence-electron chi connectivity index (χ3n) is 7.14. The van der Waals surface area contributed by atoms with Crippen LogP contribution in [0.3, 0.4) is 0 Å². The van der Waals surface area contributed by atoms with Gasteiger partial charge in [0.25, 0.3) is 0 Å². The highest BCUT2D eigenvalue weighted by atomic mass is 32.2. The van der Waals surface area contributed by atoms with Gasteiger partial charge in [-0.2, -0.15) is 4.31 Å². The molecular weight excluding hydrogens is 560 g/mol. The fraction of sp³-hybridized carbons (Fsp3) is 0.700. The molecule has 3 N–H and O–H groups in total.